The highest BCUT2D eigenvalue weighted by Crippen LogP contribution is 2.08. The predicted molar refractivity (Wildman–Crippen MR) is 73.8 cm³/mol. The third-order valence-electron chi connectivity index (χ3n) is 3.02. The minimum absolute atomic E-state index is 0.119. The number of carbonyl (C=O) groups excluding carboxylic acids is 1. The van der Waals surface area contributed by atoms with Gasteiger partial charge < -0.3 is 10.6 Å². The maximum atomic E-state index is 12.1. The lowest BCUT2D eigenvalue weighted by molar-refractivity contribution is -0.133. The van der Waals surface area contributed by atoms with Gasteiger partial charge in [0, 0.05) is 13.1 Å². The second-order valence-corrected chi connectivity index (χ2v) is 5.71. The molecule has 0 spiro atoms. The van der Waals surface area contributed by atoms with Crippen molar-refractivity contribution in [2.24, 2.45) is 17.6 Å². The Morgan fingerprint density at radius 2 is 1.47 bits per heavy atom. The molecule has 2 N–H and O–H groups in total. The summed E-state index contributed by atoms with van der Waals surface area (Å²) in [5.74, 6) is 1.37. The predicted octanol–water partition coefficient (Wildman–Crippen LogP) is 2.64. The standard InChI is InChI=1S/C14H30N2O/c1-6-13(15)14(17)16(9-7-11(2)3)10-8-12(4)5/h11-13H,6-10,15H2,1-5H3/t13-/m1/s1. The Morgan fingerprint density at radius 1 is 1.06 bits per heavy atom. The van der Waals surface area contributed by atoms with E-state index in [9.17, 15) is 4.79 Å². The molecule has 17 heavy (non-hydrogen) atoms. The highest BCUT2D eigenvalue weighted by atomic mass is 16.2. The van der Waals surface area contributed by atoms with Crippen molar-refractivity contribution in [3.63, 3.8) is 0 Å². The average Bonchev–Trinajstić information content (AvgIpc) is 2.26. The van der Waals surface area contributed by atoms with Gasteiger partial charge in [-0.1, -0.05) is 34.6 Å². The summed E-state index contributed by atoms with van der Waals surface area (Å²) < 4.78 is 0. The second-order valence-electron chi connectivity index (χ2n) is 5.71. The maximum Gasteiger partial charge on any atom is 0.239 e. The molecule has 0 aromatic heterocycles. The molecule has 0 aromatic rings. The van der Waals surface area contributed by atoms with Crippen molar-refractivity contribution in [1.29, 1.82) is 0 Å². The van der Waals surface area contributed by atoms with Gasteiger partial charge in [0.05, 0.1) is 6.04 Å². The first-order chi connectivity index (χ1) is 7.88. The van der Waals surface area contributed by atoms with Gasteiger partial charge in [0.15, 0.2) is 0 Å². The summed E-state index contributed by atoms with van der Waals surface area (Å²) in [5, 5.41) is 0. The van der Waals surface area contributed by atoms with Crippen LogP contribution >= 0.6 is 0 Å². The van der Waals surface area contributed by atoms with Crippen molar-refractivity contribution < 1.29 is 4.79 Å². The van der Waals surface area contributed by atoms with Crippen LogP contribution in [0.4, 0.5) is 0 Å². The van der Waals surface area contributed by atoms with E-state index in [1.807, 2.05) is 11.8 Å². The Morgan fingerprint density at radius 3 is 1.76 bits per heavy atom. The van der Waals surface area contributed by atoms with Gasteiger partial charge in [-0.15, -0.1) is 0 Å². The van der Waals surface area contributed by atoms with E-state index >= 15 is 0 Å². The number of nitrogens with zero attached hydrogens (tertiary/aromatic N) is 1. The highest BCUT2D eigenvalue weighted by molar-refractivity contribution is 5.81. The summed E-state index contributed by atoms with van der Waals surface area (Å²) in [6, 6.07) is -0.325. The molecule has 0 aliphatic carbocycles. The van der Waals surface area contributed by atoms with Gasteiger partial charge in [0.25, 0.3) is 0 Å². The number of hydrogen-bond acceptors (Lipinski definition) is 2. The first kappa shape index (κ1) is 16.4. The fraction of sp³-hybridized carbons (Fsp3) is 0.929. The zero-order valence-electron chi connectivity index (χ0n) is 12.2. The zero-order chi connectivity index (χ0) is 13.4. The van der Waals surface area contributed by atoms with E-state index in [2.05, 4.69) is 27.7 Å². The van der Waals surface area contributed by atoms with Crippen LogP contribution in [0.15, 0.2) is 0 Å². The van der Waals surface area contributed by atoms with E-state index < -0.39 is 0 Å². The van der Waals surface area contributed by atoms with Crippen LogP contribution in [0.3, 0.4) is 0 Å². The molecule has 1 atom stereocenters. The quantitative estimate of drug-likeness (QED) is 0.711. The van der Waals surface area contributed by atoms with Crippen molar-refractivity contribution in [2.75, 3.05) is 13.1 Å². The van der Waals surface area contributed by atoms with Crippen molar-refractivity contribution in [2.45, 2.75) is 59.9 Å². The number of hydrogen-bond donors (Lipinski definition) is 1. The molecule has 0 fully saturated rings. The van der Waals surface area contributed by atoms with E-state index in [0.717, 1.165) is 32.4 Å². The third kappa shape index (κ3) is 7.37. The largest absolute Gasteiger partial charge is 0.341 e. The Hall–Kier alpha value is -0.570. The Bertz CT molecular complexity index is 202. The van der Waals surface area contributed by atoms with Crippen LogP contribution in [0, 0.1) is 11.8 Å². The molecule has 0 bridgehead atoms. The van der Waals surface area contributed by atoms with Crippen molar-refractivity contribution in [1.82, 2.24) is 4.90 Å². The van der Waals surface area contributed by atoms with Crippen LogP contribution in [0.2, 0.25) is 0 Å². The molecule has 3 heteroatoms. The molecule has 0 saturated carbocycles. The number of nitrogens with two attached hydrogens (primary N) is 1. The monoisotopic (exact) mass is 242 g/mol. The summed E-state index contributed by atoms with van der Waals surface area (Å²) >= 11 is 0. The summed E-state index contributed by atoms with van der Waals surface area (Å²) in [6.07, 6.45) is 2.83. The molecule has 0 saturated heterocycles. The highest BCUT2D eigenvalue weighted by Gasteiger charge is 2.19. The molecule has 0 unspecified atom stereocenters. The number of carbonyl (C=O) groups is 1. The molecule has 1 amide bonds. The average molecular weight is 242 g/mol. The van der Waals surface area contributed by atoms with Gasteiger partial charge in [0.1, 0.15) is 0 Å². The van der Waals surface area contributed by atoms with Crippen LogP contribution in [0.25, 0.3) is 0 Å². The molecule has 3 nitrogen and oxygen atoms in total. The fourth-order valence-electron chi connectivity index (χ4n) is 1.57. The molecule has 0 heterocycles. The van der Waals surface area contributed by atoms with Crippen molar-refractivity contribution in [3.05, 3.63) is 0 Å². The van der Waals surface area contributed by atoms with Crippen LogP contribution in [-0.2, 0) is 4.79 Å². The Balaban J connectivity index is 4.32. The van der Waals surface area contributed by atoms with E-state index in [-0.39, 0.29) is 11.9 Å². The molecule has 0 aliphatic rings. The number of rotatable bonds is 8. The fourth-order valence-corrected chi connectivity index (χ4v) is 1.57. The smallest absolute Gasteiger partial charge is 0.239 e. The minimum Gasteiger partial charge on any atom is -0.341 e. The first-order valence-corrected chi connectivity index (χ1v) is 6.92. The molecular weight excluding hydrogens is 212 g/mol. The van der Waals surface area contributed by atoms with Gasteiger partial charge in [-0.25, -0.2) is 0 Å². The Labute approximate surface area is 107 Å². The van der Waals surface area contributed by atoms with Crippen LogP contribution in [-0.4, -0.2) is 29.9 Å². The lowest BCUT2D eigenvalue weighted by Gasteiger charge is -2.26. The van der Waals surface area contributed by atoms with Gasteiger partial charge in [0.2, 0.25) is 5.91 Å². The van der Waals surface area contributed by atoms with Crippen LogP contribution in [0.1, 0.15) is 53.9 Å². The van der Waals surface area contributed by atoms with E-state index in [4.69, 9.17) is 5.73 Å². The molecule has 0 aliphatic heterocycles. The van der Waals surface area contributed by atoms with Crippen molar-refractivity contribution >= 4 is 5.91 Å². The second kappa shape index (κ2) is 8.51. The zero-order valence-corrected chi connectivity index (χ0v) is 12.2. The minimum atomic E-state index is -0.325. The van der Waals surface area contributed by atoms with Gasteiger partial charge in [-0.3, -0.25) is 4.79 Å². The molecule has 0 aromatic carbocycles. The molecule has 0 rings (SSSR count). The van der Waals surface area contributed by atoms with Gasteiger partial charge >= 0.3 is 0 Å². The summed E-state index contributed by atoms with van der Waals surface area (Å²) in [7, 11) is 0. The SMILES string of the molecule is CC[C@@H](N)C(=O)N(CCC(C)C)CCC(C)C. The van der Waals surface area contributed by atoms with E-state index in [1.54, 1.807) is 0 Å². The third-order valence-corrected chi connectivity index (χ3v) is 3.02. The van der Waals surface area contributed by atoms with Crippen LogP contribution < -0.4 is 5.73 Å². The van der Waals surface area contributed by atoms with Gasteiger partial charge in [-0.05, 0) is 31.1 Å². The lowest BCUT2D eigenvalue weighted by atomic mass is 10.1. The summed E-state index contributed by atoms with van der Waals surface area (Å²) in [6.45, 7) is 12.4. The maximum absolute atomic E-state index is 12.1. The first-order valence-electron chi connectivity index (χ1n) is 6.92. The van der Waals surface area contributed by atoms with E-state index in [0.29, 0.717) is 11.8 Å². The lowest BCUT2D eigenvalue weighted by Crippen LogP contribution is -2.44. The summed E-state index contributed by atoms with van der Waals surface area (Å²) in [5.41, 5.74) is 5.84. The van der Waals surface area contributed by atoms with E-state index in [1.165, 1.54) is 0 Å². The van der Waals surface area contributed by atoms with Crippen LogP contribution in [0.5, 0.6) is 0 Å². The topological polar surface area (TPSA) is 46.3 Å². The van der Waals surface area contributed by atoms with Gasteiger partial charge in [-0.2, -0.15) is 0 Å². The normalized spacial score (nSPS) is 13.2. The summed E-state index contributed by atoms with van der Waals surface area (Å²) in [4.78, 5) is 14.1. The Kier molecular flexibility index (Phi) is 8.23. The number of amides is 1. The molecule has 0 radical (unpaired) electrons. The molecular formula is C14H30N2O. The molecule has 102 valence electrons. The van der Waals surface area contributed by atoms with Crippen molar-refractivity contribution in [3.8, 4) is 0 Å².